The lowest BCUT2D eigenvalue weighted by Gasteiger charge is -2.15. The van der Waals surface area contributed by atoms with Crippen LogP contribution in [0.3, 0.4) is 0 Å². The number of aromatic nitrogens is 2. The zero-order valence-corrected chi connectivity index (χ0v) is 19.0. The lowest BCUT2D eigenvalue weighted by Crippen LogP contribution is -2.27. The van der Waals surface area contributed by atoms with Gasteiger partial charge in [0.2, 0.25) is 5.91 Å². The minimum Gasteiger partial charge on any atom is -0.493 e. The van der Waals surface area contributed by atoms with Gasteiger partial charge in [0.05, 0.1) is 30.9 Å². The van der Waals surface area contributed by atoms with Gasteiger partial charge in [0, 0.05) is 13.1 Å². The summed E-state index contributed by atoms with van der Waals surface area (Å²) in [4.78, 5) is 30.0. The summed E-state index contributed by atoms with van der Waals surface area (Å²) in [6, 6.07) is 12.8. The quantitative estimate of drug-likeness (QED) is 0.404. The monoisotopic (exact) mass is 441 g/mol. The zero-order valence-electron chi connectivity index (χ0n) is 18.2. The van der Waals surface area contributed by atoms with E-state index >= 15 is 0 Å². The van der Waals surface area contributed by atoms with Crippen molar-refractivity contribution in [3.05, 3.63) is 58.4 Å². The molecule has 0 spiro atoms. The van der Waals surface area contributed by atoms with Gasteiger partial charge in [0.15, 0.2) is 16.7 Å². The number of nitrogens with one attached hydrogen (secondary N) is 1. The number of thioether (sulfide) groups is 1. The first kappa shape index (κ1) is 22.7. The van der Waals surface area contributed by atoms with Crippen molar-refractivity contribution >= 4 is 28.6 Å². The highest BCUT2D eigenvalue weighted by molar-refractivity contribution is 7.99. The van der Waals surface area contributed by atoms with Crippen molar-refractivity contribution in [2.24, 2.45) is 5.92 Å². The molecule has 0 radical (unpaired) electrons. The topological polar surface area (TPSA) is 82.5 Å². The molecule has 3 aromatic rings. The Morgan fingerprint density at radius 1 is 1.13 bits per heavy atom. The van der Waals surface area contributed by atoms with Crippen LogP contribution in [0.5, 0.6) is 11.5 Å². The van der Waals surface area contributed by atoms with Gasteiger partial charge in [-0.15, -0.1) is 0 Å². The van der Waals surface area contributed by atoms with Gasteiger partial charge in [-0.25, -0.2) is 4.98 Å². The Kier molecular flexibility index (Phi) is 7.57. The molecule has 1 heterocycles. The van der Waals surface area contributed by atoms with Crippen LogP contribution in [0.25, 0.3) is 10.9 Å². The maximum Gasteiger partial charge on any atom is 0.262 e. The third-order valence-electron chi connectivity index (χ3n) is 4.64. The molecule has 0 aliphatic carbocycles. The lowest BCUT2D eigenvalue weighted by atomic mass is 10.2. The standard InChI is InChI=1S/C23H27N3O4S/c1-15(2)13-26-22(28)17-7-5-6-8-18(17)25-23(26)31-14-21(27)24-12-16-9-10-19(29-3)20(11-16)30-4/h5-11,15H,12-14H2,1-4H3,(H,24,27). The Bertz CT molecular complexity index is 1130. The first-order valence-electron chi connectivity index (χ1n) is 10.0. The van der Waals surface area contributed by atoms with Crippen LogP contribution < -0.4 is 20.3 Å². The molecule has 1 amide bonds. The number of methoxy groups -OCH3 is 2. The fourth-order valence-corrected chi connectivity index (χ4v) is 3.99. The molecular formula is C23H27N3O4S. The van der Waals surface area contributed by atoms with Gasteiger partial charge < -0.3 is 14.8 Å². The number of hydrogen-bond acceptors (Lipinski definition) is 6. The van der Waals surface area contributed by atoms with Gasteiger partial charge in [0.25, 0.3) is 5.56 Å². The van der Waals surface area contributed by atoms with E-state index in [9.17, 15) is 9.59 Å². The molecule has 0 unspecified atom stereocenters. The average molecular weight is 442 g/mol. The normalized spacial score (nSPS) is 11.0. The van der Waals surface area contributed by atoms with E-state index in [0.717, 1.165) is 5.56 Å². The molecule has 1 N–H and O–H groups in total. The minimum absolute atomic E-state index is 0.0764. The van der Waals surface area contributed by atoms with Gasteiger partial charge >= 0.3 is 0 Å². The molecule has 31 heavy (non-hydrogen) atoms. The van der Waals surface area contributed by atoms with E-state index in [4.69, 9.17) is 9.47 Å². The Hall–Kier alpha value is -3.00. The number of carbonyl (C=O) groups excluding carboxylic acids is 1. The summed E-state index contributed by atoms with van der Waals surface area (Å²) in [5, 5.41) is 4.04. The van der Waals surface area contributed by atoms with Gasteiger partial charge in [0.1, 0.15) is 0 Å². The number of nitrogens with zero attached hydrogens (tertiary/aromatic N) is 2. The Morgan fingerprint density at radius 3 is 2.58 bits per heavy atom. The molecule has 8 heteroatoms. The van der Waals surface area contributed by atoms with Crippen molar-refractivity contribution in [2.75, 3.05) is 20.0 Å². The predicted octanol–water partition coefficient (Wildman–Crippen LogP) is 3.48. The van der Waals surface area contributed by atoms with Gasteiger partial charge in [-0.2, -0.15) is 0 Å². The summed E-state index contributed by atoms with van der Waals surface area (Å²) in [5.74, 6) is 1.55. The predicted molar refractivity (Wildman–Crippen MR) is 123 cm³/mol. The number of carbonyl (C=O) groups is 1. The van der Waals surface area contributed by atoms with Gasteiger partial charge in [-0.05, 0) is 35.7 Å². The van der Waals surface area contributed by atoms with Crippen molar-refractivity contribution in [3.63, 3.8) is 0 Å². The Balaban J connectivity index is 1.70. The molecule has 0 saturated heterocycles. The molecule has 0 aliphatic heterocycles. The summed E-state index contributed by atoms with van der Waals surface area (Å²) in [7, 11) is 3.15. The third-order valence-corrected chi connectivity index (χ3v) is 5.62. The maximum absolute atomic E-state index is 12.9. The SMILES string of the molecule is COc1ccc(CNC(=O)CSc2nc3ccccc3c(=O)n2CC(C)C)cc1OC. The second-order valence-corrected chi connectivity index (χ2v) is 8.42. The van der Waals surface area contributed by atoms with E-state index < -0.39 is 0 Å². The highest BCUT2D eigenvalue weighted by Gasteiger charge is 2.14. The summed E-state index contributed by atoms with van der Waals surface area (Å²) in [6.45, 7) is 5.01. The summed E-state index contributed by atoms with van der Waals surface area (Å²) in [5.41, 5.74) is 1.46. The van der Waals surface area contributed by atoms with E-state index in [2.05, 4.69) is 10.3 Å². The second-order valence-electron chi connectivity index (χ2n) is 7.48. The van der Waals surface area contributed by atoms with E-state index in [1.165, 1.54) is 11.8 Å². The van der Waals surface area contributed by atoms with Crippen LogP contribution in [0, 0.1) is 5.92 Å². The van der Waals surface area contributed by atoms with Crippen molar-refractivity contribution in [1.29, 1.82) is 0 Å². The minimum atomic E-state index is -0.140. The average Bonchev–Trinajstić information content (AvgIpc) is 2.77. The molecule has 3 rings (SSSR count). The number of rotatable bonds is 9. The van der Waals surface area contributed by atoms with Crippen molar-refractivity contribution < 1.29 is 14.3 Å². The van der Waals surface area contributed by atoms with Crippen molar-refractivity contribution in [1.82, 2.24) is 14.9 Å². The number of ether oxygens (including phenoxy) is 2. The van der Waals surface area contributed by atoms with E-state index in [1.807, 2.05) is 44.2 Å². The first-order chi connectivity index (χ1) is 14.9. The molecule has 0 fully saturated rings. The first-order valence-corrected chi connectivity index (χ1v) is 11.0. The number of amides is 1. The summed E-state index contributed by atoms with van der Waals surface area (Å²) >= 11 is 1.27. The summed E-state index contributed by atoms with van der Waals surface area (Å²) in [6.07, 6.45) is 0. The van der Waals surface area contributed by atoms with Crippen LogP contribution in [0.2, 0.25) is 0 Å². The zero-order chi connectivity index (χ0) is 22.4. The van der Waals surface area contributed by atoms with Crippen LogP contribution >= 0.6 is 11.8 Å². The smallest absolute Gasteiger partial charge is 0.262 e. The molecule has 0 atom stereocenters. The molecule has 0 saturated carbocycles. The number of hydrogen-bond donors (Lipinski definition) is 1. The van der Waals surface area contributed by atoms with E-state index in [-0.39, 0.29) is 23.1 Å². The highest BCUT2D eigenvalue weighted by atomic mass is 32.2. The van der Waals surface area contributed by atoms with Crippen LogP contribution in [0.4, 0.5) is 0 Å². The molecular weight excluding hydrogens is 414 g/mol. The van der Waals surface area contributed by atoms with Crippen LogP contribution in [-0.2, 0) is 17.9 Å². The maximum atomic E-state index is 12.9. The second kappa shape index (κ2) is 10.3. The van der Waals surface area contributed by atoms with E-state index in [0.29, 0.717) is 40.6 Å². The Labute approximate surface area is 185 Å². The number of benzene rings is 2. The van der Waals surface area contributed by atoms with E-state index in [1.54, 1.807) is 30.9 Å². The molecule has 7 nitrogen and oxygen atoms in total. The molecule has 1 aromatic heterocycles. The van der Waals surface area contributed by atoms with Crippen LogP contribution in [-0.4, -0.2) is 35.4 Å². The van der Waals surface area contributed by atoms with Crippen molar-refractivity contribution in [3.8, 4) is 11.5 Å². The molecule has 0 aliphatic rings. The van der Waals surface area contributed by atoms with Crippen LogP contribution in [0.1, 0.15) is 19.4 Å². The lowest BCUT2D eigenvalue weighted by molar-refractivity contribution is -0.118. The largest absolute Gasteiger partial charge is 0.493 e. The van der Waals surface area contributed by atoms with Gasteiger partial charge in [-0.3, -0.25) is 14.2 Å². The summed E-state index contributed by atoms with van der Waals surface area (Å²) < 4.78 is 12.2. The third kappa shape index (κ3) is 5.58. The number of para-hydroxylation sites is 1. The van der Waals surface area contributed by atoms with Gasteiger partial charge in [-0.1, -0.05) is 43.8 Å². The fraction of sp³-hybridized carbons (Fsp3) is 0.348. The molecule has 2 aromatic carbocycles. The van der Waals surface area contributed by atoms with Crippen LogP contribution in [0.15, 0.2) is 52.4 Å². The highest BCUT2D eigenvalue weighted by Crippen LogP contribution is 2.27. The fourth-order valence-electron chi connectivity index (χ4n) is 3.16. The molecule has 164 valence electrons. The molecule has 0 bridgehead atoms. The number of fused-ring (bicyclic) bond motifs is 1. The Morgan fingerprint density at radius 2 is 1.87 bits per heavy atom. The van der Waals surface area contributed by atoms with Crippen molar-refractivity contribution in [2.45, 2.75) is 32.1 Å².